The highest BCUT2D eigenvalue weighted by molar-refractivity contribution is 5.82. The molecule has 6 nitrogen and oxygen atoms in total. The SMILES string of the molecule is COc1cc(/C=N\NC(N)=O)ccc1OC(C)C. The number of carbonyl (C=O) groups excluding carboxylic acids is 1. The van der Waals surface area contributed by atoms with E-state index in [4.69, 9.17) is 15.2 Å². The minimum Gasteiger partial charge on any atom is -0.493 e. The van der Waals surface area contributed by atoms with E-state index in [-0.39, 0.29) is 6.10 Å². The van der Waals surface area contributed by atoms with E-state index in [1.807, 2.05) is 13.8 Å². The molecule has 0 aliphatic carbocycles. The molecule has 3 N–H and O–H groups in total. The molecule has 0 heterocycles. The maximum Gasteiger partial charge on any atom is 0.332 e. The number of urea groups is 1. The first-order chi connectivity index (χ1) is 8.52. The normalized spacial score (nSPS) is 10.7. The molecular weight excluding hydrogens is 234 g/mol. The number of amides is 2. The summed E-state index contributed by atoms with van der Waals surface area (Å²) < 4.78 is 10.8. The van der Waals surface area contributed by atoms with Gasteiger partial charge >= 0.3 is 6.03 Å². The lowest BCUT2D eigenvalue weighted by atomic mass is 10.2. The summed E-state index contributed by atoms with van der Waals surface area (Å²) in [6.45, 7) is 3.87. The quantitative estimate of drug-likeness (QED) is 0.614. The van der Waals surface area contributed by atoms with E-state index in [0.29, 0.717) is 11.5 Å². The van der Waals surface area contributed by atoms with Crippen molar-refractivity contribution >= 4 is 12.2 Å². The third kappa shape index (κ3) is 4.32. The number of benzene rings is 1. The molecule has 1 rings (SSSR count). The van der Waals surface area contributed by atoms with E-state index in [1.54, 1.807) is 25.3 Å². The number of carbonyl (C=O) groups is 1. The van der Waals surface area contributed by atoms with Crippen molar-refractivity contribution in [1.29, 1.82) is 0 Å². The van der Waals surface area contributed by atoms with E-state index >= 15 is 0 Å². The van der Waals surface area contributed by atoms with Crippen molar-refractivity contribution < 1.29 is 14.3 Å². The Bertz CT molecular complexity index is 444. The molecule has 1 aromatic carbocycles. The zero-order valence-corrected chi connectivity index (χ0v) is 10.6. The number of nitrogens with zero attached hydrogens (tertiary/aromatic N) is 1. The molecular formula is C12H17N3O3. The van der Waals surface area contributed by atoms with Gasteiger partial charge in [-0.05, 0) is 37.6 Å². The van der Waals surface area contributed by atoms with Crippen LogP contribution in [0.3, 0.4) is 0 Å². The zero-order chi connectivity index (χ0) is 13.5. The Morgan fingerprint density at radius 1 is 1.44 bits per heavy atom. The first-order valence-corrected chi connectivity index (χ1v) is 5.46. The van der Waals surface area contributed by atoms with Gasteiger partial charge in [0.25, 0.3) is 0 Å². The van der Waals surface area contributed by atoms with Crippen molar-refractivity contribution in [2.45, 2.75) is 20.0 Å². The summed E-state index contributed by atoms with van der Waals surface area (Å²) >= 11 is 0. The van der Waals surface area contributed by atoms with E-state index < -0.39 is 6.03 Å². The Hall–Kier alpha value is -2.24. The molecule has 0 fully saturated rings. The molecule has 0 radical (unpaired) electrons. The summed E-state index contributed by atoms with van der Waals surface area (Å²) in [4.78, 5) is 10.4. The van der Waals surface area contributed by atoms with Crippen LogP contribution < -0.4 is 20.6 Å². The first-order valence-electron chi connectivity index (χ1n) is 5.46. The average Bonchev–Trinajstić information content (AvgIpc) is 2.29. The lowest BCUT2D eigenvalue weighted by Crippen LogP contribution is -2.24. The van der Waals surface area contributed by atoms with Crippen LogP contribution in [0.25, 0.3) is 0 Å². The van der Waals surface area contributed by atoms with Gasteiger partial charge < -0.3 is 15.2 Å². The highest BCUT2D eigenvalue weighted by Crippen LogP contribution is 2.28. The number of methoxy groups -OCH3 is 1. The molecule has 0 aliphatic heterocycles. The van der Waals surface area contributed by atoms with Gasteiger partial charge in [-0.15, -0.1) is 0 Å². The third-order valence-corrected chi connectivity index (χ3v) is 1.94. The molecule has 6 heteroatoms. The van der Waals surface area contributed by atoms with Crippen molar-refractivity contribution in [1.82, 2.24) is 5.43 Å². The molecule has 0 saturated heterocycles. The van der Waals surface area contributed by atoms with Gasteiger partial charge in [0.2, 0.25) is 0 Å². The Labute approximate surface area is 106 Å². The fourth-order valence-corrected chi connectivity index (χ4v) is 1.29. The van der Waals surface area contributed by atoms with E-state index in [9.17, 15) is 4.79 Å². The highest BCUT2D eigenvalue weighted by Gasteiger charge is 2.06. The molecule has 0 unspecified atom stereocenters. The van der Waals surface area contributed by atoms with Crippen LogP contribution in [0.5, 0.6) is 11.5 Å². The number of primary amides is 1. The lowest BCUT2D eigenvalue weighted by molar-refractivity contribution is 0.230. The number of nitrogens with two attached hydrogens (primary N) is 1. The van der Waals surface area contributed by atoms with E-state index in [1.165, 1.54) is 6.21 Å². The Morgan fingerprint density at radius 2 is 2.17 bits per heavy atom. The van der Waals surface area contributed by atoms with Crippen molar-refractivity contribution in [3.63, 3.8) is 0 Å². The summed E-state index contributed by atoms with van der Waals surface area (Å²) in [6, 6.07) is 4.62. The van der Waals surface area contributed by atoms with Crippen LogP contribution in [-0.4, -0.2) is 25.5 Å². The van der Waals surface area contributed by atoms with Gasteiger partial charge in [-0.1, -0.05) is 0 Å². The summed E-state index contributed by atoms with van der Waals surface area (Å²) in [5.41, 5.74) is 7.76. The van der Waals surface area contributed by atoms with Gasteiger partial charge in [-0.3, -0.25) is 0 Å². The van der Waals surface area contributed by atoms with Gasteiger partial charge in [0.05, 0.1) is 19.4 Å². The number of rotatable bonds is 5. The number of hydrazone groups is 1. The average molecular weight is 251 g/mol. The standard InChI is InChI=1S/C12H17N3O3/c1-8(2)18-10-5-4-9(6-11(10)17-3)7-14-15-12(13)16/h4-8H,1-3H3,(H3,13,15,16)/b14-7-. The first kappa shape index (κ1) is 13.8. The molecule has 0 bridgehead atoms. The van der Waals surface area contributed by atoms with Crippen LogP contribution in [0.15, 0.2) is 23.3 Å². The van der Waals surface area contributed by atoms with Gasteiger partial charge in [-0.25, -0.2) is 10.2 Å². The number of ether oxygens (including phenoxy) is 2. The van der Waals surface area contributed by atoms with Crippen LogP contribution >= 0.6 is 0 Å². The van der Waals surface area contributed by atoms with Crippen molar-refractivity contribution in [3.8, 4) is 11.5 Å². The summed E-state index contributed by atoms with van der Waals surface area (Å²) in [5, 5.41) is 3.66. The number of hydrogen-bond acceptors (Lipinski definition) is 4. The van der Waals surface area contributed by atoms with Gasteiger partial charge in [0.15, 0.2) is 11.5 Å². The second kappa shape index (κ2) is 6.48. The second-order valence-corrected chi connectivity index (χ2v) is 3.81. The maximum absolute atomic E-state index is 10.4. The number of hydrogen-bond donors (Lipinski definition) is 2. The molecule has 98 valence electrons. The molecule has 1 aromatic rings. The minimum absolute atomic E-state index is 0.0648. The summed E-state index contributed by atoms with van der Waals surface area (Å²) in [5.74, 6) is 1.26. The van der Waals surface area contributed by atoms with E-state index in [2.05, 4.69) is 10.5 Å². The van der Waals surface area contributed by atoms with Gasteiger partial charge in [-0.2, -0.15) is 5.10 Å². The Kier molecular flexibility index (Phi) is 4.98. The molecule has 0 aliphatic rings. The Balaban J connectivity index is 2.84. The maximum atomic E-state index is 10.4. The van der Waals surface area contributed by atoms with E-state index in [0.717, 1.165) is 5.56 Å². The number of nitrogens with one attached hydrogen (secondary N) is 1. The largest absolute Gasteiger partial charge is 0.493 e. The molecule has 0 atom stereocenters. The van der Waals surface area contributed by atoms with Crippen LogP contribution in [0, 0.1) is 0 Å². The molecule has 18 heavy (non-hydrogen) atoms. The summed E-state index contributed by atoms with van der Waals surface area (Å²) in [6.07, 6.45) is 1.53. The smallest absolute Gasteiger partial charge is 0.332 e. The topological polar surface area (TPSA) is 85.9 Å². The monoisotopic (exact) mass is 251 g/mol. The molecule has 0 saturated carbocycles. The van der Waals surface area contributed by atoms with Crippen LogP contribution in [0.1, 0.15) is 19.4 Å². The van der Waals surface area contributed by atoms with Crippen LogP contribution in [-0.2, 0) is 0 Å². The fourth-order valence-electron chi connectivity index (χ4n) is 1.29. The van der Waals surface area contributed by atoms with Gasteiger partial charge in [0, 0.05) is 0 Å². The fraction of sp³-hybridized carbons (Fsp3) is 0.333. The van der Waals surface area contributed by atoms with Crippen molar-refractivity contribution in [2.75, 3.05) is 7.11 Å². The van der Waals surface area contributed by atoms with Crippen LogP contribution in [0.4, 0.5) is 4.79 Å². The highest BCUT2D eigenvalue weighted by atomic mass is 16.5. The predicted molar refractivity (Wildman–Crippen MR) is 69.1 cm³/mol. The van der Waals surface area contributed by atoms with Crippen molar-refractivity contribution in [3.05, 3.63) is 23.8 Å². The molecule has 0 aromatic heterocycles. The summed E-state index contributed by atoms with van der Waals surface area (Å²) in [7, 11) is 1.56. The van der Waals surface area contributed by atoms with Gasteiger partial charge in [0.1, 0.15) is 0 Å². The minimum atomic E-state index is -0.710. The van der Waals surface area contributed by atoms with Crippen LogP contribution in [0.2, 0.25) is 0 Å². The lowest BCUT2D eigenvalue weighted by Gasteiger charge is -2.13. The predicted octanol–water partition coefficient (Wildman–Crippen LogP) is 1.48. The van der Waals surface area contributed by atoms with Crippen molar-refractivity contribution in [2.24, 2.45) is 10.8 Å². The second-order valence-electron chi connectivity index (χ2n) is 3.81. The Morgan fingerprint density at radius 3 is 2.72 bits per heavy atom. The zero-order valence-electron chi connectivity index (χ0n) is 10.6. The third-order valence-electron chi connectivity index (χ3n) is 1.94. The molecule has 2 amide bonds. The molecule has 0 spiro atoms.